The molecule has 0 saturated heterocycles. The summed E-state index contributed by atoms with van der Waals surface area (Å²) in [6.45, 7) is 37.5. The van der Waals surface area contributed by atoms with Gasteiger partial charge in [-0.25, -0.2) is 0 Å². The first-order valence-corrected chi connectivity index (χ1v) is 31.4. The number of hydrogen-bond donors (Lipinski definition) is 0. The van der Waals surface area contributed by atoms with Crippen LogP contribution >= 0.6 is 0 Å². The fourth-order valence-electron chi connectivity index (χ4n) is 9.84. The zero-order valence-electron chi connectivity index (χ0n) is 35.0. The number of hydrogen-bond acceptors (Lipinski definition) is 2. The molecule has 0 aromatic heterocycles. The number of allylic oxidation sites excluding steroid dienone is 2. The molecule has 2 unspecified atom stereocenters. The first-order valence-electron chi connectivity index (χ1n) is 19.4. The van der Waals surface area contributed by atoms with E-state index in [9.17, 15) is 0 Å². The molecule has 0 radical (unpaired) electrons. The summed E-state index contributed by atoms with van der Waals surface area (Å²) in [6.07, 6.45) is 4.99. The SMILES string of the molecule is CC1=Cc2c(C)ccc(C)c2[CH]1[Zr]([O]c1ccc(C)cc1C(C)(C)C)([O]c1ccc(C)cc1C(C)(C)C)([CH]1C(C)=Cc2c(C)ccc(C)c21)[SiH](C)C. The van der Waals surface area contributed by atoms with E-state index in [1.807, 2.05) is 0 Å². The summed E-state index contributed by atoms with van der Waals surface area (Å²) in [7, 11) is 0. The maximum atomic E-state index is 8.65. The molecule has 4 aromatic carbocycles. The van der Waals surface area contributed by atoms with Crippen molar-refractivity contribution in [2.45, 2.75) is 128 Å². The number of aryl methyl sites for hydroxylation is 6. The van der Waals surface area contributed by atoms with Gasteiger partial charge in [0, 0.05) is 0 Å². The van der Waals surface area contributed by atoms with Crippen LogP contribution in [0, 0.1) is 41.5 Å². The van der Waals surface area contributed by atoms with Gasteiger partial charge in [-0.15, -0.1) is 0 Å². The summed E-state index contributed by atoms with van der Waals surface area (Å²) in [5, 5.41) is 0. The molecule has 2 atom stereocenters. The van der Waals surface area contributed by atoms with Crippen LogP contribution < -0.4 is 5.63 Å². The van der Waals surface area contributed by atoms with Gasteiger partial charge in [-0.2, -0.15) is 0 Å². The second-order valence-electron chi connectivity index (χ2n) is 18.8. The van der Waals surface area contributed by atoms with Gasteiger partial charge in [0.15, 0.2) is 0 Å². The predicted octanol–water partition coefficient (Wildman–Crippen LogP) is 13.4. The summed E-state index contributed by atoms with van der Waals surface area (Å²) in [4.78, 5) is 0. The van der Waals surface area contributed by atoms with Crippen LogP contribution in [0.4, 0.5) is 0 Å². The van der Waals surface area contributed by atoms with Gasteiger partial charge < -0.3 is 0 Å². The molecule has 52 heavy (non-hydrogen) atoms. The third kappa shape index (κ3) is 5.99. The molecule has 0 N–H and O–H groups in total. The van der Waals surface area contributed by atoms with E-state index in [1.54, 1.807) is 0 Å². The van der Waals surface area contributed by atoms with Crippen molar-refractivity contribution in [2.75, 3.05) is 0 Å². The molecule has 0 saturated carbocycles. The van der Waals surface area contributed by atoms with Crippen LogP contribution in [0.2, 0.25) is 13.1 Å². The van der Waals surface area contributed by atoms with Crippen LogP contribution in [-0.2, 0) is 29.7 Å². The van der Waals surface area contributed by atoms with Crippen molar-refractivity contribution in [3.63, 3.8) is 0 Å². The summed E-state index contributed by atoms with van der Waals surface area (Å²) in [5.41, 5.74) is 18.5. The molecule has 0 bridgehead atoms. The first kappa shape index (κ1) is 38.8. The Morgan fingerprint density at radius 2 is 0.846 bits per heavy atom. The van der Waals surface area contributed by atoms with E-state index in [2.05, 4.69) is 183 Å². The average Bonchev–Trinajstić information content (AvgIpc) is 3.60. The normalized spacial score (nSPS) is 18.1. The Balaban J connectivity index is 1.90. The molecule has 2 nitrogen and oxygen atoms in total. The van der Waals surface area contributed by atoms with Gasteiger partial charge in [0.05, 0.1) is 0 Å². The summed E-state index contributed by atoms with van der Waals surface area (Å²) in [6, 6.07) is 23.1. The Kier molecular flexibility index (Phi) is 9.79. The Bertz CT molecular complexity index is 2000. The van der Waals surface area contributed by atoms with Gasteiger partial charge in [-0.1, -0.05) is 0 Å². The molecule has 4 heteroatoms. The third-order valence-corrected chi connectivity index (χ3v) is 49.4. The van der Waals surface area contributed by atoms with Crippen molar-refractivity contribution >= 4 is 18.1 Å². The van der Waals surface area contributed by atoms with Crippen LogP contribution in [0.3, 0.4) is 0 Å². The van der Waals surface area contributed by atoms with E-state index in [1.165, 1.54) is 77.9 Å². The number of fused-ring (bicyclic) bond motifs is 2. The average molecular weight is 791 g/mol. The molecule has 0 spiro atoms. The number of benzene rings is 4. The van der Waals surface area contributed by atoms with Crippen molar-refractivity contribution < 1.29 is 24.4 Å². The zero-order chi connectivity index (χ0) is 38.3. The van der Waals surface area contributed by atoms with E-state index < -0.39 is 24.7 Å². The molecule has 0 aliphatic heterocycles. The van der Waals surface area contributed by atoms with Crippen LogP contribution in [0.25, 0.3) is 12.2 Å². The summed E-state index contributed by atoms with van der Waals surface area (Å²) in [5.74, 6) is 0.0534. The van der Waals surface area contributed by atoms with E-state index in [0.29, 0.717) is 0 Å². The van der Waals surface area contributed by atoms with Crippen molar-refractivity contribution in [3.8, 4) is 11.5 Å². The molecule has 275 valence electrons. The third-order valence-electron chi connectivity index (χ3n) is 12.5. The maximum absolute atomic E-state index is 8.65. The van der Waals surface area contributed by atoms with E-state index >= 15 is 0 Å². The van der Waals surface area contributed by atoms with Crippen molar-refractivity contribution in [3.05, 3.63) is 139 Å². The predicted molar refractivity (Wildman–Crippen MR) is 225 cm³/mol. The topological polar surface area (TPSA) is 18.5 Å². The fourth-order valence-corrected chi connectivity index (χ4v) is 46.3. The van der Waals surface area contributed by atoms with Gasteiger partial charge in [-0.3, -0.25) is 0 Å². The van der Waals surface area contributed by atoms with Crippen LogP contribution in [0.1, 0.15) is 129 Å². The fraction of sp³-hybridized carbons (Fsp3) is 0.417. The molecular weight excluding hydrogens is 728 g/mol. The van der Waals surface area contributed by atoms with Crippen molar-refractivity contribution in [1.82, 2.24) is 0 Å². The molecule has 0 heterocycles. The minimum absolute atomic E-state index is 0.0328. The molecule has 0 fully saturated rings. The van der Waals surface area contributed by atoms with Gasteiger partial charge in [0.25, 0.3) is 0 Å². The van der Waals surface area contributed by atoms with Crippen molar-refractivity contribution in [1.29, 1.82) is 0 Å². The van der Waals surface area contributed by atoms with Gasteiger partial charge >= 0.3 is 321 Å². The molecule has 0 amide bonds. The monoisotopic (exact) mass is 789 g/mol. The first-order chi connectivity index (χ1) is 24.1. The van der Waals surface area contributed by atoms with Crippen molar-refractivity contribution in [2.24, 2.45) is 0 Å². The van der Waals surface area contributed by atoms with Crippen LogP contribution in [0.5, 0.6) is 11.5 Å². The van der Waals surface area contributed by atoms with Crippen LogP contribution in [-0.4, -0.2) is 5.92 Å². The molecule has 6 rings (SSSR count). The summed E-state index contributed by atoms with van der Waals surface area (Å²) >= 11 is -5.59. The van der Waals surface area contributed by atoms with Gasteiger partial charge in [0.2, 0.25) is 0 Å². The van der Waals surface area contributed by atoms with E-state index in [-0.39, 0.29) is 18.1 Å². The second-order valence-corrected chi connectivity index (χ2v) is 46.6. The number of rotatable bonds is 7. The van der Waals surface area contributed by atoms with E-state index in [4.69, 9.17) is 5.63 Å². The van der Waals surface area contributed by atoms with E-state index in [0.717, 1.165) is 11.5 Å². The molecule has 2 aliphatic carbocycles. The van der Waals surface area contributed by atoms with Crippen LogP contribution in [0.15, 0.2) is 71.8 Å². The Morgan fingerprint density at radius 1 is 0.500 bits per heavy atom. The summed E-state index contributed by atoms with van der Waals surface area (Å²) < 4.78 is 17.4. The second kappa shape index (κ2) is 13.1. The molecule has 4 aromatic rings. The molecular formula is C48H63O2SiZr. The Morgan fingerprint density at radius 3 is 1.17 bits per heavy atom. The Labute approximate surface area is 318 Å². The quantitative estimate of drug-likeness (QED) is 0.174. The van der Waals surface area contributed by atoms with Gasteiger partial charge in [-0.05, 0) is 0 Å². The minimum atomic E-state index is -5.59. The Hall–Kier alpha value is -2.94. The van der Waals surface area contributed by atoms with Gasteiger partial charge in [0.1, 0.15) is 0 Å². The standard InChI is InChI=1S/2C12H13.2C11H16O.C2H7Si.Zr/c2*1-8-6-11-9(2)4-5-10(3)12(11)7-8;2*1-8-5-6-10(12)9(7-8)11(2,3)4;1-3-2;/h2*4-7H,1-3H3;2*5-7,12H,1-4H3;3H,1-2H3;/q;;;;;+2/p-2. The molecule has 2 aliphatic rings. The zero-order valence-corrected chi connectivity index (χ0v) is 38.6.